The highest BCUT2D eigenvalue weighted by Crippen LogP contribution is 2.29. The van der Waals surface area contributed by atoms with E-state index < -0.39 is 5.97 Å². The fourth-order valence-corrected chi connectivity index (χ4v) is 4.52. The van der Waals surface area contributed by atoms with E-state index in [1.165, 1.54) is 11.3 Å². The Hall–Kier alpha value is -2.17. The van der Waals surface area contributed by atoms with Crippen molar-refractivity contribution in [2.24, 2.45) is 0 Å². The number of hydrogen-bond donors (Lipinski definition) is 3. The molecule has 0 bridgehead atoms. The van der Waals surface area contributed by atoms with Crippen LogP contribution in [0.25, 0.3) is 0 Å². The lowest BCUT2D eigenvalue weighted by Gasteiger charge is -2.38. The molecule has 2 atom stereocenters. The second-order valence-corrected chi connectivity index (χ2v) is 8.26. The highest BCUT2D eigenvalue weighted by Gasteiger charge is 2.33. The maximum Gasteiger partial charge on any atom is 0.355 e. The molecular weight excluding hydrogens is 418 g/mol. The van der Waals surface area contributed by atoms with E-state index in [0.29, 0.717) is 47.7 Å². The lowest BCUT2D eigenvalue weighted by Crippen LogP contribution is -2.55. The van der Waals surface area contributed by atoms with Crippen LogP contribution in [0, 0.1) is 6.92 Å². The van der Waals surface area contributed by atoms with Gasteiger partial charge in [-0.1, -0.05) is 18.5 Å². The third-order valence-electron chi connectivity index (χ3n) is 4.81. The Morgan fingerprint density at radius 3 is 2.76 bits per heavy atom. The number of nitrogens with zero attached hydrogens (tertiary/aromatic N) is 3. The van der Waals surface area contributed by atoms with E-state index >= 15 is 0 Å². The van der Waals surface area contributed by atoms with Crippen molar-refractivity contribution >= 4 is 39.9 Å². The molecule has 1 unspecified atom stereocenters. The maximum atomic E-state index is 12.6. The van der Waals surface area contributed by atoms with Gasteiger partial charge in [0.1, 0.15) is 0 Å². The normalized spacial score (nSPS) is 19.4. The lowest BCUT2D eigenvalue weighted by molar-refractivity contribution is 0.0271. The Labute approximate surface area is 177 Å². The molecule has 1 fully saturated rings. The van der Waals surface area contributed by atoms with Gasteiger partial charge in [0.25, 0.3) is 5.91 Å². The highest BCUT2D eigenvalue weighted by molar-refractivity contribution is 7.15. The number of hydrogen-bond acceptors (Lipinski definition) is 7. The number of thiazole rings is 1. The Morgan fingerprint density at radius 1 is 1.41 bits per heavy atom. The lowest BCUT2D eigenvalue weighted by atomic mass is 10.0. The van der Waals surface area contributed by atoms with Gasteiger partial charge < -0.3 is 25.0 Å². The summed E-state index contributed by atoms with van der Waals surface area (Å²) in [4.78, 5) is 37.9. The van der Waals surface area contributed by atoms with Crippen molar-refractivity contribution < 1.29 is 19.4 Å². The molecule has 0 aliphatic carbocycles. The molecule has 11 heteroatoms. The van der Waals surface area contributed by atoms with Crippen molar-refractivity contribution in [3.05, 3.63) is 27.2 Å². The largest absolute Gasteiger partial charge is 0.476 e. The number of carbonyl (C=O) groups excluding carboxylic acids is 1. The molecule has 1 saturated heterocycles. The first-order valence-electron chi connectivity index (χ1n) is 9.46. The molecule has 2 aromatic rings. The molecular formula is C18H24ClN5O4S. The number of aromatic amines is 1. The number of rotatable bonds is 7. The van der Waals surface area contributed by atoms with Gasteiger partial charge in [0.15, 0.2) is 21.8 Å². The fraction of sp³-hybridized carbons (Fsp3) is 0.556. The predicted molar refractivity (Wildman–Crippen MR) is 110 cm³/mol. The molecule has 2 aromatic heterocycles. The summed E-state index contributed by atoms with van der Waals surface area (Å²) < 4.78 is 5.87. The van der Waals surface area contributed by atoms with E-state index in [1.807, 2.05) is 18.7 Å². The summed E-state index contributed by atoms with van der Waals surface area (Å²) in [5.74, 6) is -1.17. The molecule has 158 valence electrons. The van der Waals surface area contributed by atoms with Crippen LogP contribution in [0.4, 0.5) is 5.13 Å². The summed E-state index contributed by atoms with van der Waals surface area (Å²) in [5.41, 5.74) is 0.802. The average molecular weight is 442 g/mol. The summed E-state index contributed by atoms with van der Waals surface area (Å²) in [5, 5.41) is 13.2. The number of halogens is 1. The first kappa shape index (κ1) is 21.5. The van der Waals surface area contributed by atoms with Crippen LogP contribution in [0.5, 0.6) is 0 Å². The third-order valence-corrected chi connectivity index (χ3v) is 6.16. The van der Waals surface area contributed by atoms with Crippen LogP contribution in [0.1, 0.15) is 51.9 Å². The van der Waals surface area contributed by atoms with Crippen LogP contribution < -0.4 is 10.2 Å². The predicted octanol–water partition coefficient (Wildman–Crippen LogP) is 2.50. The number of carboxylic acids is 1. The molecule has 0 spiro atoms. The van der Waals surface area contributed by atoms with E-state index in [4.69, 9.17) is 16.3 Å². The zero-order valence-corrected chi connectivity index (χ0v) is 18.1. The summed E-state index contributed by atoms with van der Waals surface area (Å²) in [6.45, 7) is 7.20. The molecule has 0 radical (unpaired) electrons. The zero-order chi connectivity index (χ0) is 21.1. The summed E-state index contributed by atoms with van der Waals surface area (Å²) in [6, 6.07) is -0.201. The minimum Gasteiger partial charge on any atom is -0.476 e. The molecule has 3 rings (SSSR count). The molecule has 3 heterocycles. The first-order valence-corrected chi connectivity index (χ1v) is 10.7. The highest BCUT2D eigenvalue weighted by atomic mass is 35.5. The average Bonchev–Trinajstić information content (AvgIpc) is 3.26. The van der Waals surface area contributed by atoms with Gasteiger partial charge in [0.05, 0.1) is 17.8 Å². The van der Waals surface area contributed by atoms with Crippen molar-refractivity contribution in [3.63, 3.8) is 0 Å². The van der Waals surface area contributed by atoms with Crippen LogP contribution in [-0.2, 0) is 11.2 Å². The quantitative estimate of drug-likeness (QED) is 0.603. The van der Waals surface area contributed by atoms with Crippen molar-refractivity contribution in [2.45, 2.75) is 45.8 Å². The summed E-state index contributed by atoms with van der Waals surface area (Å²) >= 11 is 7.38. The number of amides is 1. The Kier molecular flexibility index (Phi) is 6.76. The topological polar surface area (TPSA) is 120 Å². The number of carboxylic acid groups (broad SMARTS) is 1. The number of aromatic carboxylic acids is 1. The standard InChI is InChI=1S/C18H24ClN5O4S/c1-4-10-14(19)23-15(20-10)16(25)21-11-6-7-24(8-12(11)28-5-2)18-22-13(17(26)27)9(3)29-18/h11-12H,4-8H2,1-3H3,(H,20,23)(H,21,25)(H,26,27)/t11?,12-/m0/s1. The number of anilines is 1. The number of H-pyrrole nitrogens is 1. The van der Waals surface area contributed by atoms with E-state index in [0.717, 1.165) is 5.69 Å². The van der Waals surface area contributed by atoms with Gasteiger partial charge in [0, 0.05) is 24.6 Å². The molecule has 1 aliphatic rings. The Bertz CT molecular complexity index is 899. The van der Waals surface area contributed by atoms with Gasteiger partial charge in [-0.2, -0.15) is 0 Å². The van der Waals surface area contributed by atoms with Crippen LogP contribution in [0.2, 0.25) is 5.15 Å². The maximum absolute atomic E-state index is 12.6. The minimum absolute atomic E-state index is 0.0785. The van der Waals surface area contributed by atoms with Crippen LogP contribution in [0.15, 0.2) is 0 Å². The SMILES string of the molecule is CCO[C@H]1CN(c2nc(C(=O)O)c(C)s2)CCC1NC(=O)c1nc(Cl)c(CC)[nH]1. The van der Waals surface area contributed by atoms with Crippen LogP contribution in [-0.4, -0.2) is 63.8 Å². The first-order chi connectivity index (χ1) is 13.8. The number of piperidine rings is 1. The molecule has 1 aliphatic heterocycles. The monoisotopic (exact) mass is 441 g/mol. The number of carbonyl (C=O) groups is 2. The van der Waals surface area contributed by atoms with Crippen molar-refractivity contribution in [1.29, 1.82) is 0 Å². The van der Waals surface area contributed by atoms with E-state index in [-0.39, 0.29) is 29.6 Å². The fourth-order valence-electron chi connectivity index (χ4n) is 3.32. The number of aromatic nitrogens is 3. The van der Waals surface area contributed by atoms with Crippen molar-refractivity contribution in [2.75, 3.05) is 24.6 Å². The second-order valence-electron chi connectivity index (χ2n) is 6.72. The molecule has 29 heavy (non-hydrogen) atoms. The zero-order valence-electron chi connectivity index (χ0n) is 16.5. The third kappa shape index (κ3) is 4.71. The van der Waals surface area contributed by atoms with Crippen LogP contribution >= 0.6 is 22.9 Å². The van der Waals surface area contributed by atoms with E-state index in [1.54, 1.807) is 6.92 Å². The minimum atomic E-state index is -1.03. The summed E-state index contributed by atoms with van der Waals surface area (Å²) in [7, 11) is 0. The van der Waals surface area contributed by atoms with Crippen LogP contribution in [0.3, 0.4) is 0 Å². The number of imidazole rings is 1. The molecule has 9 nitrogen and oxygen atoms in total. The van der Waals surface area contributed by atoms with Gasteiger partial charge in [-0.3, -0.25) is 4.79 Å². The number of nitrogens with one attached hydrogen (secondary N) is 2. The Balaban J connectivity index is 1.70. The van der Waals surface area contributed by atoms with Gasteiger partial charge >= 0.3 is 5.97 Å². The van der Waals surface area contributed by atoms with Gasteiger partial charge in [-0.15, -0.1) is 11.3 Å². The molecule has 3 N–H and O–H groups in total. The van der Waals surface area contributed by atoms with Gasteiger partial charge in [-0.05, 0) is 26.7 Å². The van der Waals surface area contributed by atoms with Crippen molar-refractivity contribution in [3.8, 4) is 0 Å². The molecule has 0 saturated carbocycles. The van der Waals surface area contributed by atoms with Gasteiger partial charge in [0.2, 0.25) is 0 Å². The van der Waals surface area contributed by atoms with E-state index in [9.17, 15) is 14.7 Å². The molecule has 0 aromatic carbocycles. The molecule has 1 amide bonds. The smallest absolute Gasteiger partial charge is 0.355 e. The Morgan fingerprint density at radius 2 is 2.17 bits per heavy atom. The second kappa shape index (κ2) is 9.10. The number of aryl methyl sites for hydroxylation is 2. The number of ether oxygens (including phenoxy) is 1. The summed E-state index contributed by atoms with van der Waals surface area (Å²) in [6.07, 6.45) is 1.03. The van der Waals surface area contributed by atoms with Gasteiger partial charge in [-0.25, -0.2) is 14.8 Å². The van der Waals surface area contributed by atoms with Crippen molar-refractivity contribution in [1.82, 2.24) is 20.3 Å². The van der Waals surface area contributed by atoms with E-state index in [2.05, 4.69) is 20.3 Å².